The largest absolute Gasteiger partial charge is 0.306 e. The zero-order chi connectivity index (χ0) is 18.8. The van der Waals surface area contributed by atoms with Crippen molar-refractivity contribution in [2.45, 2.75) is 46.2 Å². The summed E-state index contributed by atoms with van der Waals surface area (Å²) < 4.78 is 0. The lowest BCUT2D eigenvalue weighted by Gasteiger charge is -2.22. The predicted molar refractivity (Wildman–Crippen MR) is 103 cm³/mol. The SMILES string of the molecule is CCc1cccc(-c2cnc3c(c2)N(C(=O)CNC(C)C)C(C)C3=O)c1. The van der Waals surface area contributed by atoms with Crippen molar-refractivity contribution in [3.63, 3.8) is 0 Å². The van der Waals surface area contributed by atoms with E-state index in [9.17, 15) is 9.59 Å². The Hall–Kier alpha value is -2.53. The third-order valence-corrected chi connectivity index (χ3v) is 4.73. The van der Waals surface area contributed by atoms with Gasteiger partial charge >= 0.3 is 0 Å². The normalized spacial score (nSPS) is 16.3. The number of nitrogens with zero attached hydrogens (tertiary/aromatic N) is 2. The zero-order valence-corrected chi connectivity index (χ0v) is 15.7. The molecule has 1 N–H and O–H groups in total. The summed E-state index contributed by atoms with van der Waals surface area (Å²) in [4.78, 5) is 31.2. The fourth-order valence-corrected chi connectivity index (χ4v) is 3.21. The lowest BCUT2D eigenvalue weighted by atomic mass is 10.0. The number of fused-ring (bicyclic) bond motifs is 1. The first-order valence-electron chi connectivity index (χ1n) is 9.11. The number of pyridine rings is 1. The van der Waals surface area contributed by atoms with Gasteiger partial charge in [0.25, 0.3) is 0 Å². The van der Waals surface area contributed by atoms with Crippen molar-refractivity contribution in [2.75, 3.05) is 11.4 Å². The van der Waals surface area contributed by atoms with Gasteiger partial charge in [0, 0.05) is 17.8 Å². The quantitative estimate of drug-likeness (QED) is 0.898. The van der Waals surface area contributed by atoms with E-state index >= 15 is 0 Å². The summed E-state index contributed by atoms with van der Waals surface area (Å²) in [6, 6.07) is 9.84. The number of ketones is 1. The molecular formula is C21H25N3O2. The summed E-state index contributed by atoms with van der Waals surface area (Å²) in [5.41, 5.74) is 4.18. The Balaban J connectivity index is 1.98. The van der Waals surface area contributed by atoms with Crippen molar-refractivity contribution in [1.82, 2.24) is 10.3 Å². The lowest BCUT2D eigenvalue weighted by Crippen LogP contribution is -2.44. The van der Waals surface area contributed by atoms with Crippen LogP contribution in [0.2, 0.25) is 0 Å². The molecule has 5 nitrogen and oxygen atoms in total. The molecule has 1 aliphatic rings. The Labute approximate surface area is 154 Å². The standard InChI is InChI=1S/C21H25N3O2/c1-5-15-7-6-8-16(9-15)17-10-18-20(23-11-17)21(26)14(4)24(18)19(25)12-22-13(2)3/h6-11,13-14,22H,5,12H2,1-4H3. The Bertz CT molecular complexity index is 845. The van der Waals surface area contributed by atoms with Crippen LogP contribution in [0, 0.1) is 0 Å². The molecule has 1 atom stereocenters. The number of amides is 1. The number of hydrogen-bond donors (Lipinski definition) is 1. The number of aryl methyl sites for hydroxylation is 1. The minimum absolute atomic E-state index is 0.105. The number of nitrogens with one attached hydrogen (secondary N) is 1. The van der Waals surface area contributed by atoms with Crippen LogP contribution in [-0.2, 0) is 11.2 Å². The summed E-state index contributed by atoms with van der Waals surface area (Å²) in [6.45, 7) is 8.04. The monoisotopic (exact) mass is 351 g/mol. The number of hydrogen-bond acceptors (Lipinski definition) is 4. The average molecular weight is 351 g/mol. The van der Waals surface area contributed by atoms with Gasteiger partial charge in [0.15, 0.2) is 0 Å². The number of Topliss-reactive ketones (excluding diaryl/α,β-unsaturated/α-hetero) is 1. The van der Waals surface area contributed by atoms with E-state index in [1.54, 1.807) is 18.0 Å². The van der Waals surface area contributed by atoms with Gasteiger partial charge in [-0.1, -0.05) is 45.0 Å². The maximum absolute atomic E-state index is 12.7. The highest BCUT2D eigenvalue weighted by atomic mass is 16.2. The molecule has 136 valence electrons. The highest BCUT2D eigenvalue weighted by Crippen LogP contribution is 2.34. The molecule has 3 rings (SSSR count). The summed E-state index contributed by atoms with van der Waals surface area (Å²) in [6.07, 6.45) is 2.67. The fraction of sp³-hybridized carbons (Fsp3) is 0.381. The third kappa shape index (κ3) is 3.40. The van der Waals surface area contributed by atoms with Gasteiger partial charge in [-0.15, -0.1) is 0 Å². The van der Waals surface area contributed by atoms with E-state index in [0.29, 0.717) is 11.4 Å². The molecule has 0 saturated carbocycles. The first-order valence-corrected chi connectivity index (χ1v) is 9.11. The molecule has 0 fully saturated rings. The topological polar surface area (TPSA) is 62.3 Å². The van der Waals surface area contributed by atoms with Crippen LogP contribution in [0.3, 0.4) is 0 Å². The van der Waals surface area contributed by atoms with Crippen LogP contribution in [-0.4, -0.2) is 35.3 Å². The summed E-state index contributed by atoms with van der Waals surface area (Å²) in [5, 5.41) is 3.13. The van der Waals surface area contributed by atoms with Crippen LogP contribution in [0.1, 0.15) is 43.7 Å². The number of anilines is 1. The molecule has 1 unspecified atom stereocenters. The molecule has 1 aromatic heterocycles. The molecule has 1 aromatic carbocycles. The van der Waals surface area contributed by atoms with Crippen LogP contribution in [0.5, 0.6) is 0 Å². The molecule has 0 aliphatic carbocycles. The molecule has 26 heavy (non-hydrogen) atoms. The predicted octanol–water partition coefficient (Wildman–Crippen LogP) is 3.23. The Morgan fingerprint density at radius 1 is 1.27 bits per heavy atom. The molecular weight excluding hydrogens is 326 g/mol. The van der Waals surface area contributed by atoms with E-state index in [4.69, 9.17) is 0 Å². The van der Waals surface area contributed by atoms with Crippen molar-refractivity contribution in [1.29, 1.82) is 0 Å². The van der Waals surface area contributed by atoms with E-state index in [1.165, 1.54) is 5.56 Å². The van der Waals surface area contributed by atoms with Crippen molar-refractivity contribution >= 4 is 17.4 Å². The molecule has 0 spiro atoms. The second-order valence-corrected chi connectivity index (χ2v) is 6.99. The summed E-state index contributed by atoms with van der Waals surface area (Å²) in [5.74, 6) is -0.216. The van der Waals surface area contributed by atoms with E-state index in [1.807, 2.05) is 32.0 Å². The summed E-state index contributed by atoms with van der Waals surface area (Å²) in [7, 11) is 0. The summed E-state index contributed by atoms with van der Waals surface area (Å²) >= 11 is 0. The van der Waals surface area contributed by atoms with Gasteiger partial charge < -0.3 is 5.32 Å². The lowest BCUT2D eigenvalue weighted by molar-refractivity contribution is -0.118. The number of aromatic nitrogens is 1. The van der Waals surface area contributed by atoms with Gasteiger partial charge in [0.05, 0.1) is 18.3 Å². The molecule has 1 aliphatic heterocycles. The van der Waals surface area contributed by atoms with E-state index in [2.05, 4.69) is 29.4 Å². The maximum Gasteiger partial charge on any atom is 0.241 e. The minimum atomic E-state index is -0.517. The van der Waals surface area contributed by atoms with E-state index in [0.717, 1.165) is 17.5 Å². The molecule has 2 heterocycles. The first kappa shape index (κ1) is 18.3. The van der Waals surface area contributed by atoms with Crippen LogP contribution in [0.25, 0.3) is 11.1 Å². The molecule has 0 radical (unpaired) electrons. The molecule has 0 bridgehead atoms. The smallest absolute Gasteiger partial charge is 0.241 e. The van der Waals surface area contributed by atoms with Crippen molar-refractivity contribution < 1.29 is 9.59 Å². The van der Waals surface area contributed by atoms with Crippen molar-refractivity contribution in [2.24, 2.45) is 0 Å². The van der Waals surface area contributed by atoms with Gasteiger partial charge in [0.1, 0.15) is 5.69 Å². The fourth-order valence-electron chi connectivity index (χ4n) is 3.21. The molecule has 1 amide bonds. The highest BCUT2D eigenvalue weighted by Gasteiger charge is 2.39. The Morgan fingerprint density at radius 2 is 2.04 bits per heavy atom. The zero-order valence-electron chi connectivity index (χ0n) is 15.7. The van der Waals surface area contributed by atoms with Crippen LogP contribution in [0.4, 0.5) is 5.69 Å². The van der Waals surface area contributed by atoms with Crippen LogP contribution in [0.15, 0.2) is 36.5 Å². The van der Waals surface area contributed by atoms with Gasteiger partial charge in [0.2, 0.25) is 11.7 Å². The minimum Gasteiger partial charge on any atom is -0.306 e. The van der Waals surface area contributed by atoms with Gasteiger partial charge in [-0.25, -0.2) is 0 Å². The van der Waals surface area contributed by atoms with Crippen LogP contribution >= 0.6 is 0 Å². The molecule has 0 saturated heterocycles. The maximum atomic E-state index is 12.7. The van der Waals surface area contributed by atoms with Gasteiger partial charge in [-0.05, 0) is 30.5 Å². The second-order valence-electron chi connectivity index (χ2n) is 6.99. The molecule has 5 heteroatoms. The van der Waals surface area contributed by atoms with Crippen LogP contribution < -0.4 is 10.2 Å². The highest BCUT2D eigenvalue weighted by molar-refractivity contribution is 6.17. The number of carbonyl (C=O) groups is 2. The first-order chi connectivity index (χ1) is 12.4. The third-order valence-electron chi connectivity index (χ3n) is 4.73. The van der Waals surface area contributed by atoms with Gasteiger partial charge in [-0.2, -0.15) is 0 Å². The Kier molecular flexibility index (Phi) is 5.18. The van der Waals surface area contributed by atoms with E-state index in [-0.39, 0.29) is 24.3 Å². The number of rotatable bonds is 5. The Morgan fingerprint density at radius 3 is 2.73 bits per heavy atom. The molecule has 2 aromatic rings. The average Bonchev–Trinajstić information content (AvgIpc) is 2.90. The van der Waals surface area contributed by atoms with Crippen molar-refractivity contribution in [3.05, 3.63) is 47.8 Å². The van der Waals surface area contributed by atoms with Crippen molar-refractivity contribution in [3.8, 4) is 11.1 Å². The van der Waals surface area contributed by atoms with Gasteiger partial charge in [-0.3, -0.25) is 19.5 Å². The number of carbonyl (C=O) groups excluding carboxylic acids is 2. The number of benzene rings is 1. The van der Waals surface area contributed by atoms with E-state index < -0.39 is 6.04 Å². The second kappa shape index (κ2) is 7.38.